The fourth-order valence-corrected chi connectivity index (χ4v) is 6.61. The third kappa shape index (κ3) is 5.24. The predicted molar refractivity (Wildman–Crippen MR) is 150 cm³/mol. The van der Waals surface area contributed by atoms with E-state index in [0.717, 1.165) is 32.2 Å². The van der Waals surface area contributed by atoms with Gasteiger partial charge in [0.15, 0.2) is 0 Å². The second kappa shape index (κ2) is 11.0. The van der Waals surface area contributed by atoms with Gasteiger partial charge in [-0.1, -0.05) is 36.8 Å². The van der Waals surface area contributed by atoms with Gasteiger partial charge in [-0.15, -0.1) is 0 Å². The van der Waals surface area contributed by atoms with E-state index in [1.54, 1.807) is 24.1 Å². The van der Waals surface area contributed by atoms with Crippen LogP contribution in [0.15, 0.2) is 48.7 Å². The quantitative estimate of drug-likeness (QED) is 0.541. The van der Waals surface area contributed by atoms with Gasteiger partial charge in [0, 0.05) is 31.9 Å². The minimum Gasteiger partial charge on any atom is -0.355 e. The minimum atomic E-state index is -0.285. The van der Waals surface area contributed by atoms with Crippen LogP contribution in [0.3, 0.4) is 0 Å². The van der Waals surface area contributed by atoms with Crippen LogP contribution >= 0.6 is 0 Å². The third-order valence-corrected chi connectivity index (χ3v) is 9.25. The highest BCUT2D eigenvalue weighted by molar-refractivity contribution is 5.96. The number of amides is 4. The Morgan fingerprint density at radius 1 is 1.05 bits per heavy atom. The van der Waals surface area contributed by atoms with Crippen LogP contribution in [0.2, 0.25) is 0 Å². The molecule has 1 aliphatic heterocycles. The Bertz CT molecular complexity index is 1190. The van der Waals surface area contributed by atoms with E-state index in [1.807, 2.05) is 0 Å². The lowest BCUT2D eigenvalue weighted by molar-refractivity contribution is -0.116. The van der Waals surface area contributed by atoms with Crippen LogP contribution in [0.25, 0.3) is 0 Å². The maximum atomic E-state index is 13.8. The lowest BCUT2D eigenvalue weighted by Gasteiger charge is -2.51. The van der Waals surface area contributed by atoms with Gasteiger partial charge in [-0.2, -0.15) is 0 Å². The van der Waals surface area contributed by atoms with Crippen molar-refractivity contribution in [3.05, 3.63) is 59.8 Å². The van der Waals surface area contributed by atoms with Gasteiger partial charge in [0.05, 0.1) is 11.1 Å². The van der Waals surface area contributed by atoms with Crippen molar-refractivity contribution < 1.29 is 14.4 Å². The van der Waals surface area contributed by atoms with Crippen molar-refractivity contribution in [2.75, 3.05) is 46.1 Å². The van der Waals surface area contributed by atoms with E-state index in [9.17, 15) is 14.4 Å². The highest BCUT2D eigenvalue weighted by Crippen LogP contribution is 2.49. The lowest BCUT2D eigenvalue weighted by atomic mass is 9.68. The molecule has 0 radical (unpaired) electrons. The first-order valence-electron chi connectivity index (χ1n) is 14.0. The number of anilines is 1. The Balaban J connectivity index is 1.30. The van der Waals surface area contributed by atoms with Gasteiger partial charge < -0.3 is 20.4 Å². The largest absolute Gasteiger partial charge is 0.355 e. The average molecular weight is 533 g/mol. The summed E-state index contributed by atoms with van der Waals surface area (Å²) in [6.45, 7) is 1.32. The van der Waals surface area contributed by atoms with Gasteiger partial charge in [-0.05, 0) is 76.2 Å². The summed E-state index contributed by atoms with van der Waals surface area (Å²) in [6.07, 6.45) is 8.72. The molecular formula is C30H40N6O3. The van der Waals surface area contributed by atoms with Crippen LogP contribution in [0.1, 0.15) is 60.9 Å². The van der Waals surface area contributed by atoms with Gasteiger partial charge in [-0.25, -0.2) is 9.78 Å². The topological polar surface area (TPSA) is 97.9 Å². The van der Waals surface area contributed by atoms with Crippen LogP contribution in [0.5, 0.6) is 0 Å². The van der Waals surface area contributed by atoms with E-state index in [4.69, 9.17) is 0 Å². The van der Waals surface area contributed by atoms with Crippen molar-refractivity contribution >= 4 is 23.7 Å². The zero-order valence-corrected chi connectivity index (χ0v) is 23.3. The molecule has 0 atom stereocenters. The zero-order chi connectivity index (χ0) is 27.6. The number of carbonyl (C=O) groups is 3. The summed E-state index contributed by atoms with van der Waals surface area (Å²) < 4.78 is 0. The SMILES string of the molecule is CNC(=O)c1ccc(NC(=O)CN2C[C@]3(CC[C@](c4ccccc4)(N(C)C)CC3)N(CC3CCC3)C2=O)nc1. The number of carbonyl (C=O) groups excluding carboxylic acids is 3. The standard InChI is InChI=1S/C30H40N6O3/c1-31-27(38)23-12-13-25(32-18-23)33-26(37)20-35-21-29(36(28(35)39)19-22-8-7-9-22)14-16-30(17-15-29,34(2)3)24-10-5-4-6-11-24/h4-6,10-13,18,22H,7-9,14-17,19-21H2,1-3H3,(H,31,38)(H,32,33,37)/t29-,30+. The Morgan fingerprint density at radius 2 is 1.77 bits per heavy atom. The summed E-state index contributed by atoms with van der Waals surface area (Å²) in [5.41, 5.74) is 1.43. The number of pyridine rings is 1. The first-order chi connectivity index (χ1) is 18.8. The normalized spacial score (nSPS) is 25.2. The molecule has 208 valence electrons. The second-order valence-electron chi connectivity index (χ2n) is 11.6. The summed E-state index contributed by atoms with van der Waals surface area (Å²) in [6, 6.07) is 13.9. The maximum Gasteiger partial charge on any atom is 0.321 e. The smallest absolute Gasteiger partial charge is 0.321 e. The first kappa shape index (κ1) is 27.1. The van der Waals surface area contributed by atoms with E-state index >= 15 is 0 Å². The van der Waals surface area contributed by atoms with Crippen LogP contribution in [-0.4, -0.2) is 83.8 Å². The lowest BCUT2D eigenvalue weighted by Crippen LogP contribution is -2.56. The van der Waals surface area contributed by atoms with E-state index in [0.29, 0.717) is 23.8 Å². The van der Waals surface area contributed by atoms with Crippen molar-refractivity contribution in [1.29, 1.82) is 0 Å². The van der Waals surface area contributed by atoms with Crippen molar-refractivity contribution in [2.24, 2.45) is 5.92 Å². The third-order valence-electron chi connectivity index (χ3n) is 9.25. The molecule has 0 bridgehead atoms. The molecule has 1 spiro atoms. The van der Waals surface area contributed by atoms with Crippen molar-refractivity contribution in [3.8, 4) is 0 Å². The zero-order valence-electron chi connectivity index (χ0n) is 23.3. The molecule has 1 saturated heterocycles. The number of aromatic nitrogens is 1. The maximum absolute atomic E-state index is 13.8. The molecule has 5 rings (SSSR count). The highest BCUT2D eigenvalue weighted by atomic mass is 16.2. The average Bonchev–Trinajstić information content (AvgIpc) is 3.16. The summed E-state index contributed by atoms with van der Waals surface area (Å²) in [7, 11) is 5.87. The fourth-order valence-electron chi connectivity index (χ4n) is 6.61. The van der Waals surface area contributed by atoms with Crippen LogP contribution in [0.4, 0.5) is 10.6 Å². The fraction of sp³-hybridized carbons (Fsp3) is 0.533. The number of hydrogen-bond acceptors (Lipinski definition) is 5. The molecule has 2 aliphatic carbocycles. The van der Waals surface area contributed by atoms with E-state index in [-0.39, 0.29) is 35.5 Å². The monoisotopic (exact) mass is 532 g/mol. The Labute approximate surface area is 230 Å². The van der Waals surface area contributed by atoms with Crippen molar-refractivity contribution in [2.45, 2.75) is 56.0 Å². The molecular weight excluding hydrogens is 492 g/mol. The molecule has 2 saturated carbocycles. The summed E-state index contributed by atoms with van der Waals surface area (Å²) in [5, 5.41) is 5.34. The molecule has 1 aromatic heterocycles. The van der Waals surface area contributed by atoms with Crippen LogP contribution in [-0.2, 0) is 10.3 Å². The molecule has 1 aromatic carbocycles. The van der Waals surface area contributed by atoms with E-state index in [1.165, 1.54) is 31.0 Å². The first-order valence-corrected chi connectivity index (χ1v) is 14.0. The van der Waals surface area contributed by atoms with Crippen molar-refractivity contribution in [1.82, 2.24) is 25.0 Å². The Hall–Kier alpha value is -3.46. The van der Waals surface area contributed by atoms with Gasteiger partial charge in [0.2, 0.25) is 5.91 Å². The van der Waals surface area contributed by atoms with Gasteiger partial charge >= 0.3 is 6.03 Å². The molecule has 9 heteroatoms. The number of rotatable bonds is 8. The predicted octanol–water partition coefficient (Wildman–Crippen LogP) is 3.69. The van der Waals surface area contributed by atoms with Crippen LogP contribution in [0, 0.1) is 5.92 Å². The second-order valence-corrected chi connectivity index (χ2v) is 11.6. The molecule has 39 heavy (non-hydrogen) atoms. The molecule has 3 aliphatic rings. The Kier molecular flexibility index (Phi) is 7.62. The molecule has 3 fully saturated rings. The molecule has 2 heterocycles. The highest BCUT2D eigenvalue weighted by Gasteiger charge is 2.55. The summed E-state index contributed by atoms with van der Waals surface area (Å²) >= 11 is 0. The summed E-state index contributed by atoms with van der Waals surface area (Å²) in [5.74, 6) is 0.388. The van der Waals surface area contributed by atoms with E-state index in [2.05, 4.69) is 69.8 Å². The van der Waals surface area contributed by atoms with Gasteiger partial charge in [-0.3, -0.25) is 14.5 Å². The number of urea groups is 1. The van der Waals surface area contributed by atoms with E-state index < -0.39 is 0 Å². The van der Waals surface area contributed by atoms with Crippen LogP contribution < -0.4 is 10.6 Å². The Morgan fingerprint density at radius 3 is 2.33 bits per heavy atom. The molecule has 0 unspecified atom stereocenters. The summed E-state index contributed by atoms with van der Waals surface area (Å²) in [4.78, 5) is 48.9. The minimum absolute atomic E-state index is 0.0157. The van der Waals surface area contributed by atoms with Gasteiger partial charge in [0.1, 0.15) is 12.4 Å². The van der Waals surface area contributed by atoms with Gasteiger partial charge in [0.25, 0.3) is 5.91 Å². The number of nitrogens with zero attached hydrogens (tertiary/aromatic N) is 4. The number of hydrogen-bond donors (Lipinski definition) is 2. The number of nitrogens with one attached hydrogen (secondary N) is 2. The van der Waals surface area contributed by atoms with Crippen molar-refractivity contribution in [3.63, 3.8) is 0 Å². The molecule has 4 amide bonds. The number of benzene rings is 1. The molecule has 2 N–H and O–H groups in total. The molecule has 2 aromatic rings. The molecule has 9 nitrogen and oxygen atoms in total.